The highest BCUT2D eigenvalue weighted by Gasteiger charge is 2.44. The molecule has 1 aliphatic rings. The Hall–Kier alpha value is -0.340. The van der Waals surface area contributed by atoms with Gasteiger partial charge in [0.05, 0.1) is 0 Å². The number of halogens is 1. The molecule has 16 heavy (non-hydrogen) atoms. The summed E-state index contributed by atoms with van der Waals surface area (Å²) >= 11 is 3.58. The first-order valence-electron chi connectivity index (χ1n) is 6.16. The third-order valence-corrected chi connectivity index (χ3v) is 4.55. The lowest BCUT2D eigenvalue weighted by Crippen LogP contribution is -2.50. The van der Waals surface area contributed by atoms with E-state index in [1.165, 1.54) is 22.9 Å². The van der Waals surface area contributed by atoms with E-state index in [4.69, 9.17) is 0 Å². The normalized spacial score (nSPS) is 28.8. The average molecular weight is 282 g/mol. The molecule has 0 radical (unpaired) electrons. The second-order valence-corrected chi connectivity index (χ2v) is 5.80. The standard InChI is InChI=1S/C14H20BrN/c1-3-16-10-14(8-7-11(14)2)12-5-4-6-13(15)9-12/h4-6,9,11,16H,3,7-8,10H2,1-2H3. The minimum Gasteiger partial charge on any atom is -0.316 e. The highest BCUT2D eigenvalue weighted by atomic mass is 79.9. The Kier molecular flexibility index (Phi) is 3.70. The van der Waals surface area contributed by atoms with Crippen molar-refractivity contribution < 1.29 is 0 Å². The molecule has 1 aromatic carbocycles. The van der Waals surface area contributed by atoms with Gasteiger partial charge in [0.2, 0.25) is 0 Å². The number of hydrogen-bond donors (Lipinski definition) is 1. The van der Waals surface area contributed by atoms with Crippen LogP contribution in [0.15, 0.2) is 28.7 Å². The predicted molar refractivity (Wildman–Crippen MR) is 72.8 cm³/mol. The van der Waals surface area contributed by atoms with Crippen molar-refractivity contribution in [1.29, 1.82) is 0 Å². The summed E-state index contributed by atoms with van der Waals surface area (Å²) in [6.45, 7) is 6.73. The van der Waals surface area contributed by atoms with Crippen LogP contribution in [0.3, 0.4) is 0 Å². The van der Waals surface area contributed by atoms with Crippen LogP contribution in [-0.4, -0.2) is 13.1 Å². The van der Waals surface area contributed by atoms with Crippen molar-refractivity contribution in [2.75, 3.05) is 13.1 Å². The second-order valence-electron chi connectivity index (χ2n) is 4.89. The zero-order valence-electron chi connectivity index (χ0n) is 10.1. The van der Waals surface area contributed by atoms with E-state index in [1.54, 1.807) is 0 Å². The zero-order chi connectivity index (χ0) is 11.6. The third-order valence-electron chi connectivity index (χ3n) is 4.06. The van der Waals surface area contributed by atoms with Gasteiger partial charge < -0.3 is 5.32 Å². The van der Waals surface area contributed by atoms with E-state index in [0.717, 1.165) is 19.0 Å². The SMILES string of the molecule is CCNCC1(c2cccc(Br)c2)CCC1C. The molecule has 0 amide bonds. The van der Waals surface area contributed by atoms with Gasteiger partial charge in [-0.25, -0.2) is 0 Å². The molecule has 1 aliphatic carbocycles. The maximum absolute atomic E-state index is 3.58. The van der Waals surface area contributed by atoms with Crippen LogP contribution in [0.1, 0.15) is 32.3 Å². The van der Waals surface area contributed by atoms with E-state index in [-0.39, 0.29) is 0 Å². The van der Waals surface area contributed by atoms with Crippen molar-refractivity contribution in [3.63, 3.8) is 0 Å². The maximum atomic E-state index is 3.58. The minimum atomic E-state index is 0.375. The van der Waals surface area contributed by atoms with Crippen molar-refractivity contribution in [3.8, 4) is 0 Å². The van der Waals surface area contributed by atoms with Gasteiger partial charge in [-0.3, -0.25) is 0 Å². The summed E-state index contributed by atoms with van der Waals surface area (Å²) in [5, 5.41) is 3.52. The predicted octanol–water partition coefficient (Wildman–Crippen LogP) is 3.73. The van der Waals surface area contributed by atoms with Crippen LogP contribution in [0, 0.1) is 5.92 Å². The third kappa shape index (κ3) is 2.05. The van der Waals surface area contributed by atoms with Crippen molar-refractivity contribution in [2.45, 2.75) is 32.1 Å². The van der Waals surface area contributed by atoms with Gasteiger partial charge in [-0.1, -0.05) is 41.9 Å². The van der Waals surface area contributed by atoms with E-state index < -0.39 is 0 Å². The quantitative estimate of drug-likeness (QED) is 0.887. The largest absolute Gasteiger partial charge is 0.316 e. The molecule has 1 nitrogen and oxygen atoms in total. The first-order valence-corrected chi connectivity index (χ1v) is 6.95. The number of nitrogens with one attached hydrogen (secondary N) is 1. The molecule has 0 heterocycles. The summed E-state index contributed by atoms with van der Waals surface area (Å²) < 4.78 is 1.19. The molecule has 0 bridgehead atoms. The van der Waals surface area contributed by atoms with Crippen LogP contribution in [0.25, 0.3) is 0 Å². The summed E-state index contributed by atoms with van der Waals surface area (Å²) in [6.07, 6.45) is 2.68. The van der Waals surface area contributed by atoms with Crippen molar-refractivity contribution >= 4 is 15.9 Å². The van der Waals surface area contributed by atoms with Crippen LogP contribution in [0.2, 0.25) is 0 Å². The van der Waals surface area contributed by atoms with Gasteiger partial charge in [0, 0.05) is 16.4 Å². The van der Waals surface area contributed by atoms with E-state index in [0.29, 0.717) is 5.41 Å². The van der Waals surface area contributed by atoms with Gasteiger partial charge in [0.25, 0.3) is 0 Å². The summed E-state index contributed by atoms with van der Waals surface area (Å²) in [5.74, 6) is 0.792. The number of rotatable bonds is 4. The summed E-state index contributed by atoms with van der Waals surface area (Å²) in [5.41, 5.74) is 1.86. The van der Waals surface area contributed by atoms with Crippen molar-refractivity contribution in [2.24, 2.45) is 5.92 Å². The van der Waals surface area contributed by atoms with Crippen LogP contribution < -0.4 is 5.32 Å². The van der Waals surface area contributed by atoms with E-state index in [2.05, 4.69) is 59.4 Å². The van der Waals surface area contributed by atoms with Crippen molar-refractivity contribution in [3.05, 3.63) is 34.3 Å². The fraction of sp³-hybridized carbons (Fsp3) is 0.571. The number of benzene rings is 1. The summed E-state index contributed by atoms with van der Waals surface area (Å²) in [6, 6.07) is 8.82. The fourth-order valence-electron chi connectivity index (χ4n) is 2.72. The molecule has 1 aromatic rings. The van der Waals surface area contributed by atoms with Crippen LogP contribution >= 0.6 is 15.9 Å². The number of likely N-dealkylation sites (N-methyl/N-ethyl adjacent to an activating group) is 1. The lowest BCUT2D eigenvalue weighted by Gasteiger charge is -2.49. The molecular formula is C14H20BrN. The molecular weight excluding hydrogens is 262 g/mol. The fourth-order valence-corrected chi connectivity index (χ4v) is 3.12. The molecule has 1 fully saturated rings. The molecule has 0 aromatic heterocycles. The molecule has 1 saturated carbocycles. The molecule has 1 N–H and O–H groups in total. The Bertz CT molecular complexity index is 364. The maximum Gasteiger partial charge on any atom is 0.0178 e. The van der Waals surface area contributed by atoms with Crippen molar-refractivity contribution in [1.82, 2.24) is 5.32 Å². The monoisotopic (exact) mass is 281 g/mol. The molecule has 2 rings (SSSR count). The molecule has 88 valence electrons. The Morgan fingerprint density at radius 1 is 1.50 bits per heavy atom. The first kappa shape index (κ1) is 12.1. The van der Waals surface area contributed by atoms with E-state index >= 15 is 0 Å². The Balaban J connectivity index is 2.25. The number of hydrogen-bond acceptors (Lipinski definition) is 1. The van der Waals surface area contributed by atoms with Gasteiger partial charge in [-0.2, -0.15) is 0 Å². The van der Waals surface area contributed by atoms with Crippen LogP contribution in [-0.2, 0) is 5.41 Å². The highest BCUT2D eigenvalue weighted by Crippen LogP contribution is 2.48. The van der Waals surface area contributed by atoms with Gasteiger partial charge in [-0.15, -0.1) is 0 Å². The first-order chi connectivity index (χ1) is 7.69. The second kappa shape index (κ2) is 4.89. The van der Waals surface area contributed by atoms with Crippen LogP contribution in [0.4, 0.5) is 0 Å². The lowest BCUT2D eigenvalue weighted by atomic mass is 9.57. The smallest absolute Gasteiger partial charge is 0.0178 e. The van der Waals surface area contributed by atoms with E-state index in [1.807, 2.05) is 0 Å². The minimum absolute atomic E-state index is 0.375. The lowest BCUT2D eigenvalue weighted by molar-refractivity contribution is 0.135. The Labute approximate surface area is 107 Å². The average Bonchev–Trinajstić information content (AvgIpc) is 2.28. The van der Waals surface area contributed by atoms with Crippen LogP contribution in [0.5, 0.6) is 0 Å². The molecule has 0 spiro atoms. The molecule has 0 saturated heterocycles. The Morgan fingerprint density at radius 3 is 2.81 bits per heavy atom. The Morgan fingerprint density at radius 2 is 2.31 bits per heavy atom. The van der Waals surface area contributed by atoms with Gasteiger partial charge in [-0.05, 0) is 43.0 Å². The summed E-state index contributed by atoms with van der Waals surface area (Å²) in [4.78, 5) is 0. The van der Waals surface area contributed by atoms with E-state index in [9.17, 15) is 0 Å². The van der Waals surface area contributed by atoms with Gasteiger partial charge >= 0.3 is 0 Å². The van der Waals surface area contributed by atoms with Gasteiger partial charge in [0.15, 0.2) is 0 Å². The van der Waals surface area contributed by atoms with Gasteiger partial charge in [0.1, 0.15) is 0 Å². The summed E-state index contributed by atoms with van der Waals surface area (Å²) in [7, 11) is 0. The molecule has 2 unspecified atom stereocenters. The molecule has 2 atom stereocenters. The topological polar surface area (TPSA) is 12.0 Å². The zero-order valence-corrected chi connectivity index (χ0v) is 11.7. The molecule has 2 heteroatoms. The highest BCUT2D eigenvalue weighted by molar-refractivity contribution is 9.10. The molecule has 0 aliphatic heterocycles.